The molecule has 2 heteroatoms. The Balaban J connectivity index is 1.88. The van der Waals surface area contributed by atoms with E-state index in [0.717, 1.165) is 12.2 Å². The van der Waals surface area contributed by atoms with Crippen LogP contribution in [0.1, 0.15) is 31.2 Å². The van der Waals surface area contributed by atoms with Crippen LogP contribution in [-0.2, 0) is 6.42 Å². The second kappa shape index (κ2) is 5.90. The van der Waals surface area contributed by atoms with Gasteiger partial charge in [0.2, 0.25) is 0 Å². The van der Waals surface area contributed by atoms with Crippen LogP contribution in [-0.4, -0.2) is 19.7 Å². The highest BCUT2D eigenvalue weighted by Gasteiger charge is 2.12. The number of rotatable bonds is 4. The fourth-order valence-corrected chi connectivity index (χ4v) is 2.41. The first-order valence-corrected chi connectivity index (χ1v) is 6.25. The Morgan fingerprint density at radius 2 is 2.19 bits per heavy atom. The molecule has 1 aromatic carbocycles. The third-order valence-electron chi connectivity index (χ3n) is 3.37. The fraction of sp³-hybridized carbons (Fsp3) is 0.571. The van der Waals surface area contributed by atoms with Crippen LogP contribution in [0.4, 0.5) is 0 Å². The van der Waals surface area contributed by atoms with Gasteiger partial charge >= 0.3 is 0 Å². The lowest BCUT2D eigenvalue weighted by atomic mass is 9.97. The average molecular weight is 219 g/mol. The number of para-hydroxylation sites is 1. The van der Waals surface area contributed by atoms with Gasteiger partial charge in [0.25, 0.3) is 0 Å². The van der Waals surface area contributed by atoms with E-state index in [1.165, 1.54) is 37.8 Å². The zero-order valence-corrected chi connectivity index (χ0v) is 10.0. The van der Waals surface area contributed by atoms with Crippen molar-refractivity contribution in [2.75, 3.05) is 13.7 Å². The number of piperidine rings is 1. The van der Waals surface area contributed by atoms with Crippen molar-refractivity contribution < 1.29 is 4.74 Å². The maximum Gasteiger partial charge on any atom is 0.122 e. The Hall–Kier alpha value is -1.02. The third kappa shape index (κ3) is 2.99. The van der Waals surface area contributed by atoms with Crippen LogP contribution in [0.2, 0.25) is 0 Å². The maximum absolute atomic E-state index is 5.36. The van der Waals surface area contributed by atoms with Gasteiger partial charge in [-0.05, 0) is 43.9 Å². The van der Waals surface area contributed by atoms with Gasteiger partial charge in [0.1, 0.15) is 5.75 Å². The van der Waals surface area contributed by atoms with E-state index >= 15 is 0 Å². The molecule has 0 bridgehead atoms. The van der Waals surface area contributed by atoms with Crippen LogP contribution >= 0.6 is 0 Å². The topological polar surface area (TPSA) is 21.3 Å². The number of benzene rings is 1. The smallest absolute Gasteiger partial charge is 0.122 e. The molecule has 1 atom stereocenters. The summed E-state index contributed by atoms with van der Waals surface area (Å²) >= 11 is 0. The fourth-order valence-electron chi connectivity index (χ4n) is 2.41. The highest BCUT2D eigenvalue weighted by atomic mass is 16.5. The molecule has 88 valence electrons. The van der Waals surface area contributed by atoms with Crippen molar-refractivity contribution >= 4 is 0 Å². The summed E-state index contributed by atoms with van der Waals surface area (Å²) in [6.45, 7) is 1.19. The molecule has 0 aromatic heterocycles. The van der Waals surface area contributed by atoms with Crippen molar-refractivity contribution in [3.8, 4) is 5.75 Å². The summed E-state index contributed by atoms with van der Waals surface area (Å²) in [6, 6.07) is 9.04. The average Bonchev–Trinajstić information content (AvgIpc) is 2.38. The van der Waals surface area contributed by atoms with E-state index in [1.54, 1.807) is 7.11 Å². The zero-order valence-electron chi connectivity index (χ0n) is 10.0. The molecule has 1 N–H and O–H groups in total. The van der Waals surface area contributed by atoms with Gasteiger partial charge < -0.3 is 10.1 Å². The van der Waals surface area contributed by atoms with Crippen LogP contribution in [0.25, 0.3) is 0 Å². The number of nitrogens with one attached hydrogen (secondary N) is 1. The van der Waals surface area contributed by atoms with E-state index in [2.05, 4.69) is 17.4 Å². The molecular weight excluding hydrogens is 198 g/mol. The Bertz CT molecular complexity index is 318. The lowest BCUT2D eigenvalue weighted by molar-refractivity contribution is 0.376. The summed E-state index contributed by atoms with van der Waals surface area (Å²) in [5, 5.41) is 3.59. The lowest BCUT2D eigenvalue weighted by Crippen LogP contribution is -2.34. The van der Waals surface area contributed by atoms with Crippen molar-refractivity contribution in [2.45, 2.75) is 38.1 Å². The largest absolute Gasteiger partial charge is 0.496 e. The standard InChI is InChI=1S/C14H21NO/c1-16-14-8-3-2-6-12(14)9-10-13-7-4-5-11-15-13/h2-3,6,8,13,15H,4-5,7,9-11H2,1H3/t13-/m1/s1. The van der Waals surface area contributed by atoms with Gasteiger partial charge in [-0.1, -0.05) is 24.6 Å². The molecule has 1 aromatic rings. The van der Waals surface area contributed by atoms with E-state index in [1.807, 2.05) is 12.1 Å². The predicted octanol–water partition coefficient (Wildman–Crippen LogP) is 2.77. The molecule has 2 rings (SSSR count). The van der Waals surface area contributed by atoms with Crippen molar-refractivity contribution in [3.63, 3.8) is 0 Å². The minimum Gasteiger partial charge on any atom is -0.496 e. The molecular formula is C14H21NO. The van der Waals surface area contributed by atoms with Crippen LogP contribution < -0.4 is 10.1 Å². The van der Waals surface area contributed by atoms with Gasteiger partial charge in [-0.2, -0.15) is 0 Å². The summed E-state index contributed by atoms with van der Waals surface area (Å²) in [5.41, 5.74) is 1.33. The van der Waals surface area contributed by atoms with E-state index in [4.69, 9.17) is 4.74 Å². The molecule has 0 amide bonds. The molecule has 1 heterocycles. The monoisotopic (exact) mass is 219 g/mol. The van der Waals surface area contributed by atoms with E-state index < -0.39 is 0 Å². The van der Waals surface area contributed by atoms with Crippen LogP contribution in [0.15, 0.2) is 24.3 Å². The minimum atomic E-state index is 0.707. The second-order valence-corrected chi connectivity index (χ2v) is 4.50. The SMILES string of the molecule is COc1ccccc1CC[C@H]1CCCCN1. The molecule has 2 nitrogen and oxygen atoms in total. The van der Waals surface area contributed by atoms with Gasteiger partial charge in [-0.25, -0.2) is 0 Å². The highest BCUT2D eigenvalue weighted by Crippen LogP contribution is 2.21. The van der Waals surface area contributed by atoms with Crippen LogP contribution in [0.5, 0.6) is 5.75 Å². The zero-order chi connectivity index (χ0) is 11.2. The lowest BCUT2D eigenvalue weighted by Gasteiger charge is -2.23. The number of hydrogen-bond acceptors (Lipinski definition) is 2. The van der Waals surface area contributed by atoms with Crippen LogP contribution in [0.3, 0.4) is 0 Å². The molecule has 0 radical (unpaired) electrons. The third-order valence-corrected chi connectivity index (χ3v) is 3.37. The first-order chi connectivity index (χ1) is 7.90. The molecule has 1 saturated heterocycles. The first kappa shape index (κ1) is 11.5. The molecule has 0 spiro atoms. The number of methoxy groups -OCH3 is 1. The first-order valence-electron chi connectivity index (χ1n) is 6.25. The molecule has 0 saturated carbocycles. The van der Waals surface area contributed by atoms with E-state index in [9.17, 15) is 0 Å². The summed E-state index contributed by atoms with van der Waals surface area (Å²) in [5.74, 6) is 1.03. The van der Waals surface area contributed by atoms with Gasteiger partial charge in [-0.15, -0.1) is 0 Å². The van der Waals surface area contributed by atoms with Crippen molar-refractivity contribution in [3.05, 3.63) is 29.8 Å². The van der Waals surface area contributed by atoms with Crippen molar-refractivity contribution in [1.29, 1.82) is 0 Å². The molecule has 0 unspecified atom stereocenters. The number of aryl methyl sites for hydroxylation is 1. The Kier molecular flexibility index (Phi) is 4.23. The van der Waals surface area contributed by atoms with Gasteiger partial charge in [0.15, 0.2) is 0 Å². The highest BCUT2D eigenvalue weighted by molar-refractivity contribution is 5.33. The summed E-state index contributed by atoms with van der Waals surface area (Å²) < 4.78 is 5.36. The Morgan fingerprint density at radius 3 is 2.94 bits per heavy atom. The van der Waals surface area contributed by atoms with Gasteiger partial charge in [0.05, 0.1) is 7.11 Å². The Labute approximate surface area is 98.0 Å². The van der Waals surface area contributed by atoms with E-state index in [-0.39, 0.29) is 0 Å². The molecule has 0 aliphatic carbocycles. The normalized spacial score (nSPS) is 20.7. The predicted molar refractivity (Wildman–Crippen MR) is 67.0 cm³/mol. The van der Waals surface area contributed by atoms with Gasteiger partial charge in [-0.3, -0.25) is 0 Å². The summed E-state index contributed by atoms with van der Waals surface area (Å²) in [6.07, 6.45) is 6.38. The summed E-state index contributed by atoms with van der Waals surface area (Å²) in [4.78, 5) is 0. The van der Waals surface area contributed by atoms with Gasteiger partial charge in [0, 0.05) is 6.04 Å². The van der Waals surface area contributed by atoms with E-state index in [0.29, 0.717) is 6.04 Å². The minimum absolute atomic E-state index is 0.707. The number of ether oxygens (including phenoxy) is 1. The molecule has 1 fully saturated rings. The second-order valence-electron chi connectivity index (χ2n) is 4.50. The number of hydrogen-bond donors (Lipinski definition) is 1. The van der Waals surface area contributed by atoms with Crippen molar-refractivity contribution in [2.24, 2.45) is 0 Å². The van der Waals surface area contributed by atoms with Crippen LogP contribution in [0, 0.1) is 0 Å². The maximum atomic E-state index is 5.36. The molecule has 1 aliphatic rings. The molecule has 1 aliphatic heterocycles. The summed E-state index contributed by atoms with van der Waals surface area (Å²) in [7, 11) is 1.75. The quantitative estimate of drug-likeness (QED) is 0.840. The Morgan fingerprint density at radius 1 is 1.31 bits per heavy atom. The molecule has 16 heavy (non-hydrogen) atoms. The van der Waals surface area contributed by atoms with Crippen molar-refractivity contribution in [1.82, 2.24) is 5.32 Å².